The maximum absolute atomic E-state index is 12.6. The summed E-state index contributed by atoms with van der Waals surface area (Å²) in [6, 6.07) is 3.44. The number of carbonyl (C=O) groups is 2. The SMILES string of the molecule is CO[C@H](C)CN(CCCCc1ccc2c(n1)NCCC2)CC[C@H](NC(=O)N1[C@H](C)C[C@H]1C)C(=O)O. The highest BCUT2D eigenvalue weighted by atomic mass is 16.5. The van der Waals surface area contributed by atoms with E-state index in [0.29, 0.717) is 13.0 Å². The van der Waals surface area contributed by atoms with Gasteiger partial charge >= 0.3 is 12.0 Å². The van der Waals surface area contributed by atoms with Gasteiger partial charge in [0.15, 0.2) is 0 Å². The molecule has 1 fully saturated rings. The topological polar surface area (TPSA) is 107 Å². The highest BCUT2D eigenvalue weighted by Gasteiger charge is 2.37. The smallest absolute Gasteiger partial charge is 0.326 e. The zero-order valence-corrected chi connectivity index (χ0v) is 21.8. The molecule has 0 spiro atoms. The van der Waals surface area contributed by atoms with Crippen molar-refractivity contribution in [2.45, 2.75) is 89.9 Å². The van der Waals surface area contributed by atoms with Crippen LogP contribution in [0.15, 0.2) is 12.1 Å². The minimum absolute atomic E-state index is 0.0454. The molecule has 3 N–H and O–H groups in total. The van der Waals surface area contributed by atoms with Gasteiger partial charge in [-0.3, -0.25) is 0 Å². The van der Waals surface area contributed by atoms with Crippen LogP contribution < -0.4 is 10.6 Å². The summed E-state index contributed by atoms with van der Waals surface area (Å²) in [6.45, 7) is 9.12. The number of aryl methyl sites for hydroxylation is 2. The van der Waals surface area contributed by atoms with Gasteiger partial charge in [0.05, 0.1) is 6.10 Å². The molecule has 1 aromatic heterocycles. The molecule has 2 aliphatic heterocycles. The normalized spacial score (nSPS) is 21.0. The van der Waals surface area contributed by atoms with E-state index in [9.17, 15) is 14.7 Å². The maximum Gasteiger partial charge on any atom is 0.326 e. The van der Waals surface area contributed by atoms with Crippen LogP contribution in [-0.4, -0.2) is 89.4 Å². The minimum Gasteiger partial charge on any atom is -0.480 e. The van der Waals surface area contributed by atoms with E-state index in [1.165, 1.54) is 5.56 Å². The lowest BCUT2D eigenvalue weighted by molar-refractivity contribution is -0.139. The van der Waals surface area contributed by atoms with Gasteiger partial charge in [-0.05, 0) is 83.9 Å². The summed E-state index contributed by atoms with van der Waals surface area (Å²) >= 11 is 0. The van der Waals surface area contributed by atoms with Gasteiger partial charge in [0, 0.05) is 44.5 Å². The Balaban J connectivity index is 1.48. The van der Waals surface area contributed by atoms with Crippen molar-refractivity contribution in [3.8, 4) is 0 Å². The monoisotopic (exact) mass is 489 g/mol. The zero-order chi connectivity index (χ0) is 25.4. The number of methoxy groups -OCH3 is 1. The number of hydrogen-bond acceptors (Lipinski definition) is 6. The summed E-state index contributed by atoms with van der Waals surface area (Å²) in [7, 11) is 1.69. The van der Waals surface area contributed by atoms with Gasteiger partial charge in [-0.1, -0.05) is 6.07 Å². The third-order valence-electron chi connectivity index (χ3n) is 7.22. The number of hydrogen-bond donors (Lipinski definition) is 3. The Kier molecular flexibility index (Phi) is 10.2. The van der Waals surface area contributed by atoms with Crippen molar-refractivity contribution in [2.24, 2.45) is 0 Å². The van der Waals surface area contributed by atoms with Gasteiger partial charge in [0.1, 0.15) is 11.9 Å². The molecular formula is C26H43N5O4. The maximum atomic E-state index is 12.6. The molecule has 1 saturated heterocycles. The van der Waals surface area contributed by atoms with Crippen molar-refractivity contribution in [2.75, 3.05) is 38.6 Å². The number of pyridine rings is 1. The van der Waals surface area contributed by atoms with Crippen LogP contribution in [0.2, 0.25) is 0 Å². The molecule has 2 aliphatic rings. The van der Waals surface area contributed by atoms with Crippen LogP contribution in [0.3, 0.4) is 0 Å². The van der Waals surface area contributed by atoms with Crippen molar-refractivity contribution in [1.29, 1.82) is 0 Å². The summed E-state index contributed by atoms with van der Waals surface area (Å²) in [5.41, 5.74) is 2.41. The highest BCUT2D eigenvalue weighted by molar-refractivity contribution is 5.83. The van der Waals surface area contributed by atoms with E-state index in [1.807, 2.05) is 20.8 Å². The van der Waals surface area contributed by atoms with E-state index in [1.54, 1.807) is 12.0 Å². The van der Waals surface area contributed by atoms with Crippen LogP contribution in [-0.2, 0) is 22.4 Å². The Morgan fingerprint density at radius 1 is 1.29 bits per heavy atom. The fraction of sp³-hybridized carbons (Fsp3) is 0.731. The molecule has 0 aliphatic carbocycles. The molecule has 0 saturated carbocycles. The number of ether oxygens (including phenoxy) is 1. The Bertz CT molecular complexity index is 843. The van der Waals surface area contributed by atoms with Crippen LogP contribution >= 0.6 is 0 Å². The highest BCUT2D eigenvalue weighted by Crippen LogP contribution is 2.25. The standard InChI is InChI=1S/C26H43N5O4/c1-18-16-19(2)31(18)26(34)29-23(25(32)33)12-15-30(17-20(3)35-4)14-6-5-9-22-11-10-21-8-7-13-27-24(21)28-22/h10-11,18-20,23H,5-9,12-17H2,1-4H3,(H,27,28)(H,29,34)(H,32,33)/t18-,19-,20-,23+/m1/s1. The zero-order valence-electron chi connectivity index (χ0n) is 21.8. The quantitative estimate of drug-likeness (QED) is 0.366. The number of amides is 2. The van der Waals surface area contributed by atoms with Crippen LogP contribution in [0.4, 0.5) is 10.6 Å². The van der Waals surface area contributed by atoms with Crippen molar-refractivity contribution < 1.29 is 19.4 Å². The number of likely N-dealkylation sites (tertiary alicyclic amines) is 1. The number of carboxylic acid groups (broad SMARTS) is 1. The first-order chi connectivity index (χ1) is 16.8. The first-order valence-electron chi connectivity index (χ1n) is 13.1. The van der Waals surface area contributed by atoms with Gasteiger partial charge in [-0.25, -0.2) is 14.6 Å². The predicted molar refractivity (Wildman–Crippen MR) is 137 cm³/mol. The summed E-state index contributed by atoms with van der Waals surface area (Å²) in [4.78, 5) is 33.2. The predicted octanol–water partition coefficient (Wildman–Crippen LogP) is 3.13. The number of nitrogens with zero attached hydrogens (tertiary/aromatic N) is 3. The molecule has 9 heteroatoms. The molecule has 1 aromatic rings. The minimum atomic E-state index is -0.994. The van der Waals surface area contributed by atoms with Crippen LogP contribution in [0.25, 0.3) is 0 Å². The summed E-state index contributed by atoms with van der Waals surface area (Å²) in [5, 5.41) is 15.8. The average Bonchev–Trinajstić information content (AvgIpc) is 2.83. The fourth-order valence-electron chi connectivity index (χ4n) is 5.09. The molecule has 0 bridgehead atoms. The molecule has 4 atom stereocenters. The number of nitrogens with one attached hydrogen (secondary N) is 2. The van der Waals surface area contributed by atoms with E-state index < -0.39 is 12.0 Å². The lowest BCUT2D eigenvalue weighted by Gasteiger charge is -2.45. The van der Waals surface area contributed by atoms with Gasteiger partial charge < -0.3 is 30.3 Å². The number of aliphatic carboxylic acids is 1. The van der Waals surface area contributed by atoms with Crippen molar-refractivity contribution in [3.05, 3.63) is 23.4 Å². The number of urea groups is 1. The average molecular weight is 490 g/mol. The molecule has 0 radical (unpaired) electrons. The molecule has 196 valence electrons. The summed E-state index contributed by atoms with van der Waals surface area (Å²) in [5.74, 6) is 0.0408. The second kappa shape index (κ2) is 13.1. The van der Waals surface area contributed by atoms with E-state index in [0.717, 1.165) is 69.7 Å². The van der Waals surface area contributed by atoms with E-state index in [4.69, 9.17) is 9.72 Å². The number of rotatable bonds is 13. The first-order valence-corrected chi connectivity index (χ1v) is 13.1. The van der Waals surface area contributed by atoms with E-state index >= 15 is 0 Å². The second-order valence-electron chi connectivity index (χ2n) is 10.1. The van der Waals surface area contributed by atoms with Gasteiger partial charge in [-0.2, -0.15) is 0 Å². The Morgan fingerprint density at radius 2 is 2.06 bits per heavy atom. The lowest BCUT2D eigenvalue weighted by atomic mass is 9.96. The van der Waals surface area contributed by atoms with E-state index in [-0.39, 0.29) is 24.2 Å². The number of carboxylic acids is 1. The third kappa shape index (κ3) is 7.80. The molecule has 3 rings (SSSR count). The first kappa shape index (κ1) is 27.2. The Labute approximate surface area is 209 Å². The third-order valence-corrected chi connectivity index (χ3v) is 7.22. The molecular weight excluding hydrogens is 446 g/mol. The molecule has 0 aromatic carbocycles. The lowest BCUT2D eigenvalue weighted by Crippen LogP contribution is -2.61. The van der Waals surface area contributed by atoms with Crippen molar-refractivity contribution >= 4 is 17.8 Å². The fourth-order valence-corrected chi connectivity index (χ4v) is 5.09. The number of fused-ring (bicyclic) bond motifs is 1. The molecule has 35 heavy (non-hydrogen) atoms. The van der Waals surface area contributed by atoms with Crippen LogP contribution in [0.5, 0.6) is 0 Å². The molecule has 0 unspecified atom stereocenters. The molecule has 3 heterocycles. The molecule has 9 nitrogen and oxygen atoms in total. The largest absolute Gasteiger partial charge is 0.480 e. The van der Waals surface area contributed by atoms with Gasteiger partial charge in [-0.15, -0.1) is 0 Å². The number of aromatic nitrogens is 1. The number of anilines is 1. The van der Waals surface area contributed by atoms with Crippen molar-refractivity contribution in [3.63, 3.8) is 0 Å². The molecule has 2 amide bonds. The summed E-state index contributed by atoms with van der Waals surface area (Å²) < 4.78 is 5.45. The van der Waals surface area contributed by atoms with Crippen LogP contribution in [0, 0.1) is 0 Å². The van der Waals surface area contributed by atoms with Crippen LogP contribution in [0.1, 0.15) is 64.1 Å². The Morgan fingerprint density at radius 3 is 2.74 bits per heavy atom. The van der Waals surface area contributed by atoms with E-state index in [2.05, 4.69) is 27.7 Å². The number of carbonyl (C=O) groups excluding carboxylic acids is 1. The van der Waals surface area contributed by atoms with Gasteiger partial charge in [0.2, 0.25) is 0 Å². The second-order valence-corrected chi connectivity index (χ2v) is 10.1. The van der Waals surface area contributed by atoms with Gasteiger partial charge in [0.25, 0.3) is 0 Å². The Hall–Kier alpha value is -2.39. The number of unbranched alkanes of at least 4 members (excludes halogenated alkanes) is 1. The summed E-state index contributed by atoms with van der Waals surface area (Å²) in [6.07, 6.45) is 6.51. The van der Waals surface area contributed by atoms with Crippen molar-refractivity contribution in [1.82, 2.24) is 20.1 Å².